The molecular formula is C32H41N3O3. The van der Waals surface area contributed by atoms with Crippen LogP contribution in [0.15, 0.2) is 27.8 Å². The van der Waals surface area contributed by atoms with Crippen LogP contribution in [0.4, 0.5) is 0 Å². The lowest BCUT2D eigenvalue weighted by molar-refractivity contribution is -0.159. The van der Waals surface area contributed by atoms with Gasteiger partial charge in [0.2, 0.25) is 5.89 Å². The smallest absolute Gasteiger partial charge is 0.233 e. The number of fused-ring (bicyclic) bond motifs is 7. The Morgan fingerprint density at radius 2 is 1.74 bits per heavy atom. The van der Waals surface area contributed by atoms with E-state index in [9.17, 15) is 14.9 Å². The molecule has 38 heavy (non-hydrogen) atoms. The molecule has 5 aliphatic carbocycles. The Bertz CT molecular complexity index is 1350. The number of nitriles is 1. The van der Waals surface area contributed by atoms with Crippen molar-refractivity contribution >= 4 is 11.6 Å². The summed E-state index contributed by atoms with van der Waals surface area (Å²) in [5.74, 6) is 1.44. The summed E-state index contributed by atoms with van der Waals surface area (Å²) < 4.78 is 5.89. The summed E-state index contributed by atoms with van der Waals surface area (Å²) in [7, 11) is 0. The lowest BCUT2D eigenvalue weighted by Gasteiger charge is -2.68. The van der Waals surface area contributed by atoms with Gasteiger partial charge >= 0.3 is 0 Å². The van der Waals surface area contributed by atoms with Gasteiger partial charge in [-0.25, -0.2) is 0 Å². The van der Waals surface area contributed by atoms with Crippen molar-refractivity contribution in [3.63, 3.8) is 0 Å². The first-order valence-electron chi connectivity index (χ1n) is 14.5. The molecule has 6 rings (SSSR count). The normalized spacial score (nSPS) is 45.5. The van der Waals surface area contributed by atoms with Crippen LogP contribution in [0.5, 0.6) is 0 Å². The maximum absolute atomic E-state index is 14.5. The molecule has 3 fully saturated rings. The molecule has 0 N–H and O–H groups in total. The van der Waals surface area contributed by atoms with E-state index in [-0.39, 0.29) is 62.5 Å². The highest BCUT2D eigenvalue weighted by molar-refractivity contribution is 6.02. The number of hydrogen-bond donors (Lipinski definition) is 0. The largest absolute Gasteiger partial charge is 0.339 e. The molecule has 1 aromatic rings. The Kier molecular flexibility index (Phi) is 5.26. The van der Waals surface area contributed by atoms with E-state index in [1.807, 2.05) is 26.0 Å². The molecule has 1 aromatic heterocycles. The van der Waals surface area contributed by atoms with E-state index in [0.29, 0.717) is 5.82 Å². The minimum Gasteiger partial charge on any atom is -0.339 e. The van der Waals surface area contributed by atoms with Crippen LogP contribution >= 0.6 is 0 Å². The highest BCUT2D eigenvalue weighted by atomic mass is 16.5. The fraction of sp³-hybridized carbons (Fsp3) is 0.719. The molecule has 0 aliphatic heterocycles. The molecule has 6 heteroatoms. The summed E-state index contributed by atoms with van der Waals surface area (Å²) in [6.07, 6.45) is 10.6. The van der Waals surface area contributed by atoms with Crippen LogP contribution in [0, 0.1) is 63.6 Å². The Labute approximate surface area is 226 Å². The second-order valence-corrected chi connectivity index (χ2v) is 14.7. The van der Waals surface area contributed by atoms with E-state index in [4.69, 9.17) is 9.51 Å². The number of rotatable bonds is 1. The topological polar surface area (TPSA) is 96.9 Å². The van der Waals surface area contributed by atoms with Gasteiger partial charge in [0.05, 0.1) is 11.0 Å². The number of hydrogen-bond acceptors (Lipinski definition) is 6. The lowest BCUT2D eigenvalue weighted by Crippen LogP contribution is -2.65. The van der Waals surface area contributed by atoms with E-state index < -0.39 is 5.41 Å². The summed E-state index contributed by atoms with van der Waals surface area (Å²) in [4.78, 5) is 32.2. The van der Waals surface area contributed by atoms with Gasteiger partial charge < -0.3 is 4.52 Å². The van der Waals surface area contributed by atoms with Gasteiger partial charge in [-0.3, -0.25) is 9.59 Å². The average molecular weight is 516 g/mol. The zero-order valence-electron chi connectivity index (χ0n) is 24.0. The predicted octanol–water partition coefficient (Wildman–Crippen LogP) is 6.46. The molecule has 0 bridgehead atoms. The van der Waals surface area contributed by atoms with Crippen LogP contribution < -0.4 is 0 Å². The van der Waals surface area contributed by atoms with Crippen molar-refractivity contribution in [2.45, 2.75) is 98.8 Å². The van der Waals surface area contributed by atoms with Crippen molar-refractivity contribution in [3.05, 3.63) is 35.0 Å². The maximum Gasteiger partial charge on any atom is 0.233 e. The van der Waals surface area contributed by atoms with Crippen molar-refractivity contribution in [3.8, 4) is 6.07 Å². The van der Waals surface area contributed by atoms with Crippen LogP contribution in [-0.2, 0) is 15.0 Å². The predicted molar refractivity (Wildman–Crippen MR) is 143 cm³/mol. The van der Waals surface area contributed by atoms with Gasteiger partial charge in [-0.05, 0) is 86.0 Å². The first-order valence-corrected chi connectivity index (χ1v) is 14.5. The van der Waals surface area contributed by atoms with E-state index in [2.05, 4.69) is 45.8 Å². The number of aryl methyl sites for hydroxylation is 1. The highest BCUT2D eigenvalue weighted by Crippen LogP contribution is 2.73. The second kappa shape index (κ2) is 7.77. The molecule has 3 saturated carbocycles. The molecule has 8 atom stereocenters. The number of nitrogens with zero attached hydrogens (tertiary/aromatic N) is 3. The number of ketones is 2. The zero-order valence-corrected chi connectivity index (χ0v) is 24.0. The fourth-order valence-electron chi connectivity index (χ4n) is 10.1. The molecule has 0 saturated heterocycles. The maximum atomic E-state index is 14.5. The average Bonchev–Trinajstić information content (AvgIpc) is 3.29. The van der Waals surface area contributed by atoms with Crippen LogP contribution in [0.25, 0.3) is 0 Å². The van der Waals surface area contributed by atoms with E-state index in [1.54, 1.807) is 0 Å². The molecule has 0 unspecified atom stereocenters. The molecule has 202 valence electrons. The molecule has 0 aromatic carbocycles. The van der Waals surface area contributed by atoms with Crippen LogP contribution in [0.1, 0.15) is 98.2 Å². The molecule has 1 heterocycles. The second-order valence-electron chi connectivity index (χ2n) is 14.7. The first-order chi connectivity index (χ1) is 17.7. The Morgan fingerprint density at radius 1 is 1.03 bits per heavy atom. The minimum atomic E-state index is -0.473. The number of Topliss-reactive ketones (excluding diaryl/α,β-unsaturated/α-hetero) is 1. The van der Waals surface area contributed by atoms with Gasteiger partial charge in [0.25, 0.3) is 0 Å². The van der Waals surface area contributed by atoms with Crippen LogP contribution in [0.3, 0.4) is 0 Å². The first kappa shape index (κ1) is 25.7. The van der Waals surface area contributed by atoms with Gasteiger partial charge in [-0.1, -0.05) is 58.3 Å². The van der Waals surface area contributed by atoms with Crippen molar-refractivity contribution in [1.82, 2.24) is 10.1 Å². The minimum absolute atomic E-state index is 0.0489. The quantitative estimate of drug-likeness (QED) is 0.426. The van der Waals surface area contributed by atoms with E-state index >= 15 is 0 Å². The Balaban J connectivity index is 1.53. The molecular weight excluding hydrogens is 474 g/mol. The molecule has 0 amide bonds. The molecule has 0 radical (unpaired) electrons. The molecule has 5 aliphatic rings. The number of carbonyl (C=O) groups is 2. The Morgan fingerprint density at radius 3 is 2.39 bits per heavy atom. The van der Waals surface area contributed by atoms with Crippen molar-refractivity contribution in [1.29, 1.82) is 5.26 Å². The number of allylic oxidation sites excluding steroid dienone is 4. The standard InChI is InChI=1S/C32H41N3O3/c1-18-21-8-9-30(6)24(29(21,5)15-20(17-33)26(18)37)14-23(36)25-22-16-28(3,4)10-12-32(22,13-11-31(25,30)7)27-34-19(2)35-38-27/h14-15,18,21-22,25H,8-13,16H2,1-7H3/t18-,21-,22-,25-,29-,30+,31+,32-/m0/s1. The third kappa shape index (κ3) is 3.05. The van der Waals surface area contributed by atoms with Gasteiger partial charge in [-0.15, -0.1) is 0 Å². The monoisotopic (exact) mass is 515 g/mol. The third-order valence-corrected chi connectivity index (χ3v) is 12.5. The van der Waals surface area contributed by atoms with E-state index in [1.165, 1.54) is 0 Å². The van der Waals surface area contributed by atoms with Crippen LogP contribution in [0.2, 0.25) is 0 Å². The van der Waals surface area contributed by atoms with Crippen molar-refractivity contribution < 1.29 is 14.1 Å². The summed E-state index contributed by atoms with van der Waals surface area (Å²) in [5.41, 5.74) is 0.368. The van der Waals surface area contributed by atoms with Crippen molar-refractivity contribution in [2.24, 2.45) is 45.3 Å². The molecule has 0 spiro atoms. The van der Waals surface area contributed by atoms with Crippen LogP contribution in [-0.4, -0.2) is 21.7 Å². The summed E-state index contributed by atoms with van der Waals surface area (Å²) in [5, 5.41) is 14.0. The summed E-state index contributed by atoms with van der Waals surface area (Å²) in [6, 6.07) is 2.17. The summed E-state index contributed by atoms with van der Waals surface area (Å²) in [6.45, 7) is 15.4. The van der Waals surface area contributed by atoms with Gasteiger partial charge in [-0.2, -0.15) is 10.2 Å². The zero-order chi connectivity index (χ0) is 27.5. The van der Waals surface area contributed by atoms with Gasteiger partial charge in [0, 0.05) is 17.3 Å². The third-order valence-electron chi connectivity index (χ3n) is 12.5. The Hall–Kier alpha value is -2.55. The number of aromatic nitrogens is 2. The highest BCUT2D eigenvalue weighted by Gasteiger charge is 2.70. The molecule has 6 nitrogen and oxygen atoms in total. The summed E-state index contributed by atoms with van der Waals surface area (Å²) >= 11 is 0. The lowest BCUT2D eigenvalue weighted by atomic mass is 9.35. The SMILES string of the molecule is Cc1noc([C@]23CCC(C)(C)C[C@H]2[C@H]2C(=O)C=C4[C@@]5(C)C=C(C#N)C(=O)[C@@H](C)[C@@H]5CC[C@@]4(C)[C@]2(C)CC3)n1. The van der Waals surface area contributed by atoms with Gasteiger partial charge in [0.1, 0.15) is 6.07 Å². The number of carbonyl (C=O) groups excluding carboxylic acids is 2. The van der Waals surface area contributed by atoms with E-state index in [0.717, 1.165) is 56.4 Å². The van der Waals surface area contributed by atoms with Crippen molar-refractivity contribution in [2.75, 3.05) is 0 Å². The fourth-order valence-corrected chi connectivity index (χ4v) is 10.1. The van der Waals surface area contributed by atoms with Gasteiger partial charge in [0.15, 0.2) is 17.4 Å².